The molecule has 0 saturated carbocycles. The van der Waals surface area contributed by atoms with E-state index in [1.807, 2.05) is 13.0 Å². The Labute approximate surface area is 202 Å². The van der Waals surface area contributed by atoms with Gasteiger partial charge in [0, 0.05) is 36.5 Å². The summed E-state index contributed by atoms with van der Waals surface area (Å²) in [6.07, 6.45) is -1.14. The second-order valence-electron chi connectivity index (χ2n) is 8.53. The van der Waals surface area contributed by atoms with Crippen molar-refractivity contribution in [2.75, 3.05) is 31.3 Å². The van der Waals surface area contributed by atoms with Gasteiger partial charge < -0.3 is 14.4 Å². The Kier molecular flexibility index (Phi) is 5.46. The smallest absolute Gasteiger partial charge is 0.377 e. The highest BCUT2D eigenvalue weighted by atomic mass is 32.1. The molecule has 2 saturated heterocycles. The Morgan fingerprint density at radius 2 is 2.00 bits per heavy atom. The number of fused-ring (bicyclic) bond motifs is 1. The van der Waals surface area contributed by atoms with Crippen LogP contribution in [0.4, 0.5) is 19.0 Å². The first-order valence-electron chi connectivity index (χ1n) is 11.2. The number of alkyl halides is 3. The van der Waals surface area contributed by atoms with Crippen molar-refractivity contribution in [3.63, 3.8) is 0 Å². The Morgan fingerprint density at radius 1 is 1.14 bits per heavy atom. The minimum Gasteiger partial charge on any atom is -0.377 e. The van der Waals surface area contributed by atoms with E-state index in [2.05, 4.69) is 19.4 Å². The molecule has 12 heteroatoms. The molecule has 6 rings (SSSR count). The number of ether oxygens (including phenoxy) is 2. The van der Waals surface area contributed by atoms with Gasteiger partial charge in [0.2, 0.25) is 0 Å². The number of anilines is 1. The van der Waals surface area contributed by atoms with Gasteiger partial charge in [0.15, 0.2) is 11.9 Å². The molecule has 2 fully saturated rings. The molecule has 2 aliphatic rings. The summed E-state index contributed by atoms with van der Waals surface area (Å²) in [4.78, 5) is 10.7. The molecule has 0 amide bonds. The summed E-state index contributed by atoms with van der Waals surface area (Å²) in [7, 11) is 0. The van der Waals surface area contributed by atoms with Gasteiger partial charge in [-0.3, -0.25) is 4.98 Å². The predicted molar refractivity (Wildman–Crippen MR) is 124 cm³/mol. The van der Waals surface area contributed by atoms with Gasteiger partial charge in [0.05, 0.1) is 36.3 Å². The van der Waals surface area contributed by atoms with Crippen LogP contribution in [0.15, 0.2) is 36.7 Å². The van der Waals surface area contributed by atoms with Crippen LogP contribution in [0.3, 0.4) is 0 Å². The van der Waals surface area contributed by atoms with Gasteiger partial charge >= 0.3 is 6.18 Å². The second-order valence-corrected chi connectivity index (χ2v) is 9.30. The quantitative estimate of drug-likeness (QED) is 0.398. The van der Waals surface area contributed by atoms with Crippen LogP contribution in [0, 0.1) is 0 Å². The molecule has 8 nitrogen and oxygen atoms in total. The lowest BCUT2D eigenvalue weighted by atomic mass is 10.0. The van der Waals surface area contributed by atoms with Crippen LogP contribution in [0.25, 0.3) is 32.7 Å². The van der Waals surface area contributed by atoms with Gasteiger partial charge in [-0.1, -0.05) is 6.07 Å². The summed E-state index contributed by atoms with van der Waals surface area (Å²) in [5.41, 5.74) is 1.28. The summed E-state index contributed by atoms with van der Waals surface area (Å²) < 4.78 is 59.9. The molecule has 0 aromatic carbocycles. The zero-order valence-electron chi connectivity index (χ0n) is 18.7. The highest BCUT2D eigenvalue weighted by Crippen LogP contribution is 2.43. The molecule has 182 valence electrons. The van der Waals surface area contributed by atoms with Crippen LogP contribution in [-0.4, -0.2) is 56.5 Å². The first-order valence-corrected chi connectivity index (χ1v) is 12.0. The largest absolute Gasteiger partial charge is 0.433 e. The summed E-state index contributed by atoms with van der Waals surface area (Å²) in [6, 6.07) is 6.51. The number of halogens is 3. The topological polar surface area (TPSA) is 78.2 Å². The molecule has 2 atom stereocenters. The lowest BCUT2D eigenvalue weighted by molar-refractivity contribution is -0.140. The van der Waals surface area contributed by atoms with Crippen LogP contribution < -0.4 is 4.90 Å². The van der Waals surface area contributed by atoms with Gasteiger partial charge in [-0.2, -0.15) is 22.6 Å². The van der Waals surface area contributed by atoms with Gasteiger partial charge in [0.1, 0.15) is 17.0 Å². The maximum atomic E-state index is 13.9. The Hall–Kier alpha value is -3.09. The van der Waals surface area contributed by atoms with E-state index < -0.39 is 11.9 Å². The van der Waals surface area contributed by atoms with Crippen LogP contribution in [-0.2, 0) is 15.7 Å². The number of hydrogen-bond donors (Lipinski definition) is 0. The van der Waals surface area contributed by atoms with Crippen LogP contribution in [0.5, 0.6) is 0 Å². The van der Waals surface area contributed by atoms with Crippen molar-refractivity contribution in [2.24, 2.45) is 0 Å². The molecule has 2 unspecified atom stereocenters. The third-order valence-electron chi connectivity index (χ3n) is 6.30. The van der Waals surface area contributed by atoms with Gasteiger partial charge in [-0.05, 0) is 36.7 Å². The minimum atomic E-state index is -4.60. The lowest BCUT2D eigenvalue weighted by Crippen LogP contribution is -2.44. The molecule has 0 N–H and O–H groups in total. The van der Waals surface area contributed by atoms with E-state index in [4.69, 9.17) is 14.5 Å². The molecule has 6 heterocycles. The van der Waals surface area contributed by atoms with Crippen molar-refractivity contribution in [2.45, 2.75) is 31.8 Å². The van der Waals surface area contributed by atoms with Crippen molar-refractivity contribution in [3.8, 4) is 22.5 Å². The standard InChI is InChI=1S/C23H21F3N6O2S/c1-13-12-33-10-8-31(13)17-11-15(14-3-2-6-27-22(14)23(24,25)26)21-20(29-17)19(30-35-21)16-4-7-28-32(16)18-5-9-34-18/h2-4,6-7,11,13,18H,5,8-10,12H2,1H3. The van der Waals surface area contributed by atoms with E-state index in [1.54, 1.807) is 16.9 Å². The second kappa shape index (κ2) is 8.54. The van der Waals surface area contributed by atoms with Crippen LogP contribution in [0.2, 0.25) is 0 Å². The highest BCUT2D eigenvalue weighted by Gasteiger charge is 2.37. The number of nitrogens with zero attached hydrogens (tertiary/aromatic N) is 6. The van der Waals surface area contributed by atoms with Crippen molar-refractivity contribution < 1.29 is 22.6 Å². The summed E-state index contributed by atoms with van der Waals surface area (Å²) in [6.45, 7) is 4.27. The normalized spacial score (nSPS) is 20.9. The van der Waals surface area contributed by atoms with Gasteiger partial charge in [-0.15, -0.1) is 0 Å². The summed E-state index contributed by atoms with van der Waals surface area (Å²) in [5.74, 6) is 0.577. The van der Waals surface area contributed by atoms with Crippen molar-refractivity contribution in [1.82, 2.24) is 24.1 Å². The minimum absolute atomic E-state index is 0.000552. The maximum Gasteiger partial charge on any atom is 0.433 e. The van der Waals surface area contributed by atoms with Crippen molar-refractivity contribution >= 4 is 27.6 Å². The van der Waals surface area contributed by atoms with E-state index in [0.29, 0.717) is 59.4 Å². The van der Waals surface area contributed by atoms with E-state index in [1.165, 1.54) is 12.1 Å². The van der Waals surface area contributed by atoms with Crippen molar-refractivity contribution in [1.29, 1.82) is 0 Å². The molecular formula is C23H21F3N6O2S. The van der Waals surface area contributed by atoms with E-state index in [-0.39, 0.29) is 17.8 Å². The maximum absolute atomic E-state index is 13.9. The van der Waals surface area contributed by atoms with Crippen LogP contribution in [0.1, 0.15) is 25.3 Å². The summed E-state index contributed by atoms with van der Waals surface area (Å²) in [5, 5.41) is 4.40. The number of aromatic nitrogens is 5. The van der Waals surface area contributed by atoms with E-state index >= 15 is 0 Å². The Balaban J connectivity index is 1.59. The molecular weight excluding hydrogens is 481 g/mol. The molecule has 35 heavy (non-hydrogen) atoms. The average molecular weight is 503 g/mol. The zero-order valence-corrected chi connectivity index (χ0v) is 19.5. The third kappa shape index (κ3) is 3.85. The lowest BCUT2D eigenvalue weighted by Gasteiger charge is -2.34. The fourth-order valence-electron chi connectivity index (χ4n) is 4.49. The third-order valence-corrected chi connectivity index (χ3v) is 7.17. The number of rotatable bonds is 4. The van der Waals surface area contributed by atoms with Crippen molar-refractivity contribution in [3.05, 3.63) is 42.4 Å². The number of hydrogen-bond acceptors (Lipinski definition) is 8. The van der Waals surface area contributed by atoms with Gasteiger partial charge in [-0.25, -0.2) is 9.67 Å². The monoisotopic (exact) mass is 502 g/mol. The molecule has 0 radical (unpaired) electrons. The SMILES string of the molecule is CC1COCCN1c1cc(-c2cccnc2C(F)(F)F)c2snc(-c3ccnn3C3CCO3)c2n1. The highest BCUT2D eigenvalue weighted by molar-refractivity contribution is 7.14. The first kappa shape index (κ1) is 22.4. The Morgan fingerprint density at radius 3 is 2.74 bits per heavy atom. The average Bonchev–Trinajstić information content (AvgIpc) is 3.44. The van der Waals surface area contributed by atoms with Gasteiger partial charge in [0.25, 0.3) is 0 Å². The predicted octanol–water partition coefficient (Wildman–Crippen LogP) is 4.78. The fourth-order valence-corrected chi connectivity index (χ4v) is 5.34. The number of morpholine rings is 1. The van der Waals surface area contributed by atoms with E-state index in [0.717, 1.165) is 24.2 Å². The molecule has 4 aromatic heterocycles. The molecule has 0 aliphatic carbocycles. The summed E-state index contributed by atoms with van der Waals surface area (Å²) >= 11 is 1.12. The van der Waals surface area contributed by atoms with Crippen LogP contribution >= 0.6 is 11.5 Å². The first-order chi connectivity index (χ1) is 16.9. The fraction of sp³-hybridized carbons (Fsp3) is 0.391. The molecule has 2 aliphatic heterocycles. The molecule has 4 aromatic rings. The Bertz CT molecular complexity index is 1380. The number of pyridine rings is 2. The zero-order chi connectivity index (χ0) is 24.2. The molecule has 0 spiro atoms. The molecule has 0 bridgehead atoms. The van der Waals surface area contributed by atoms with E-state index in [9.17, 15) is 13.2 Å².